The third-order valence-corrected chi connectivity index (χ3v) is 7.33. The number of rotatable bonds is 7. The van der Waals surface area contributed by atoms with Gasteiger partial charge in [-0.05, 0) is 56.0 Å². The molecule has 1 amide bonds. The highest BCUT2D eigenvalue weighted by Crippen LogP contribution is 2.28. The summed E-state index contributed by atoms with van der Waals surface area (Å²) in [7, 11) is 0. The van der Waals surface area contributed by atoms with Crippen LogP contribution in [0, 0.1) is 6.92 Å². The van der Waals surface area contributed by atoms with Gasteiger partial charge >= 0.3 is 24.3 Å². The summed E-state index contributed by atoms with van der Waals surface area (Å²) in [6, 6.07) is 11.3. The monoisotopic (exact) mass is 741 g/mol. The number of amides is 1. The number of aryl methyl sites for hydroxylation is 1. The largest absolute Gasteiger partial charge is 0.490 e. The van der Waals surface area contributed by atoms with Crippen LogP contribution in [0.2, 0.25) is 10.0 Å². The molecule has 3 aromatic rings. The molecule has 0 saturated heterocycles. The fourth-order valence-corrected chi connectivity index (χ4v) is 4.67. The number of alkyl halides is 6. The Bertz CT molecular complexity index is 1650. The lowest BCUT2D eigenvalue weighted by Gasteiger charge is -2.30. The van der Waals surface area contributed by atoms with Gasteiger partial charge in [0.1, 0.15) is 5.82 Å². The highest BCUT2D eigenvalue weighted by molar-refractivity contribution is 6.42. The van der Waals surface area contributed by atoms with Crippen LogP contribution in [0.5, 0.6) is 0 Å². The van der Waals surface area contributed by atoms with Gasteiger partial charge in [0.05, 0.1) is 27.6 Å². The number of nitrogens with zero attached hydrogens (tertiary/aromatic N) is 3. The molecule has 2 aromatic carbocycles. The van der Waals surface area contributed by atoms with Gasteiger partial charge in [0.25, 0.3) is 5.91 Å². The van der Waals surface area contributed by atoms with Gasteiger partial charge in [-0.3, -0.25) is 4.79 Å². The third kappa shape index (κ3) is 13.5. The minimum Gasteiger partial charge on any atom is -0.475 e. The van der Waals surface area contributed by atoms with Gasteiger partial charge in [0, 0.05) is 11.9 Å². The number of benzene rings is 2. The van der Waals surface area contributed by atoms with Gasteiger partial charge in [0.2, 0.25) is 5.82 Å². The van der Waals surface area contributed by atoms with E-state index >= 15 is 0 Å². The summed E-state index contributed by atoms with van der Waals surface area (Å²) in [5.74, 6) is -5.07. The van der Waals surface area contributed by atoms with E-state index in [9.17, 15) is 31.1 Å². The van der Waals surface area contributed by atoms with Gasteiger partial charge in [-0.15, -0.1) is 0 Å². The first-order valence-electron chi connectivity index (χ1n) is 14.1. The maximum atomic E-state index is 13.0. The second kappa shape index (κ2) is 17.7. The number of hydrogen-bond donors (Lipinski definition) is 6. The van der Waals surface area contributed by atoms with Crippen molar-refractivity contribution in [2.45, 2.75) is 63.5 Å². The lowest BCUT2D eigenvalue weighted by atomic mass is 9.90. The Labute approximate surface area is 284 Å². The van der Waals surface area contributed by atoms with Crippen molar-refractivity contribution in [3.8, 4) is 0 Å². The van der Waals surface area contributed by atoms with Gasteiger partial charge in [-0.1, -0.05) is 53.7 Å². The summed E-state index contributed by atoms with van der Waals surface area (Å²) in [5, 5.41) is 22.5. The molecule has 0 bridgehead atoms. The number of nitrogens with one attached hydrogen (secondary N) is 2. The van der Waals surface area contributed by atoms with Gasteiger partial charge in [-0.2, -0.15) is 26.3 Å². The number of carboxylic acids is 2. The third-order valence-electron chi connectivity index (χ3n) is 6.59. The van der Waals surface area contributed by atoms with E-state index in [1.807, 2.05) is 31.2 Å². The fraction of sp³-hybridized carbons (Fsp3) is 0.379. The number of aromatic nitrogens is 2. The number of nitrogens with two attached hydrogens (primary N) is 2. The predicted octanol–water partition coefficient (Wildman–Crippen LogP) is 5.48. The van der Waals surface area contributed by atoms with E-state index in [4.69, 9.17) is 54.5 Å². The molecule has 4 rings (SSSR count). The molecule has 1 aliphatic carbocycles. The number of halogens is 8. The summed E-state index contributed by atoms with van der Waals surface area (Å²) in [5.41, 5.74) is 14.1. The SMILES string of the molecule is Cc1ccc2nc(C(=O)NCCc3ccc(Cl)c(Cl)c3)nc(NC3CCCCC3N=C(N)N)c2c1.O=C(O)C(F)(F)F.O=C(O)C(F)(F)F. The highest BCUT2D eigenvalue weighted by Gasteiger charge is 2.39. The van der Waals surface area contributed by atoms with E-state index < -0.39 is 24.3 Å². The second-order valence-corrected chi connectivity index (χ2v) is 11.2. The summed E-state index contributed by atoms with van der Waals surface area (Å²) >= 11 is 12.1. The number of carboxylic acid groups (broad SMARTS) is 2. The normalized spacial score (nSPS) is 15.9. The minimum absolute atomic E-state index is 0.00928. The summed E-state index contributed by atoms with van der Waals surface area (Å²) in [6.45, 7) is 2.42. The number of anilines is 1. The Balaban J connectivity index is 0.000000500. The topological polar surface area (TPSA) is 206 Å². The Morgan fingerprint density at radius 1 is 0.918 bits per heavy atom. The molecule has 0 spiro atoms. The summed E-state index contributed by atoms with van der Waals surface area (Å²) in [6.07, 6.45) is -5.64. The first kappa shape index (κ1) is 40.6. The number of aliphatic carboxylic acids is 2. The first-order valence-corrected chi connectivity index (χ1v) is 14.9. The number of fused-ring (bicyclic) bond motifs is 1. The van der Waals surface area contributed by atoms with Crippen LogP contribution in [0.25, 0.3) is 10.9 Å². The van der Waals surface area contributed by atoms with Crippen molar-refractivity contribution in [1.29, 1.82) is 0 Å². The van der Waals surface area contributed by atoms with Crippen molar-refractivity contribution >= 4 is 63.7 Å². The summed E-state index contributed by atoms with van der Waals surface area (Å²) < 4.78 is 63.5. The Kier molecular flexibility index (Phi) is 14.7. The zero-order valence-electron chi connectivity index (χ0n) is 25.5. The molecule has 0 radical (unpaired) electrons. The molecule has 0 aliphatic heterocycles. The van der Waals surface area contributed by atoms with Crippen LogP contribution >= 0.6 is 23.2 Å². The molecular weight excluding hydrogens is 711 g/mol. The van der Waals surface area contributed by atoms with Crippen molar-refractivity contribution in [1.82, 2.24) is 15.3 Å². The Morgan fingerprint density at radius 2 is 1.51 bits per heavy atom. The molecule has 1 heterocycles. The van der Waals surface area contributed by atoms with Crippen molar-refractivity contribution in [2.75, 3.05) is 11.9 Å². The molecule has 20 heteroatoms. The molecule has 8 N–H and O–H groups in total. The average Bonchev–Trinajstić information content (AvgIpc) is 2.99. The molecule has 2 unspecified atom stereocenters. The van der Waals surface area contributed by atoms with Crippen LogP contribution in [-0.4, -0.2) is 75.0 Å². The molecule has 12 nitrogen and oxygen atoms in total. The highest BCUT2D eigenvalue weighted by atomic mass is 35.5. The van der Waals surface area contributed by atoms with Crippen LogP contribution in [0.1, 0.15) is 47.4 Å². The summed E-state index contributed by atoms with van der Waals surface area (Å²) in [4.78, 5) is 44.3. The number of carbonyl (C=O) groups is 3. The maximum Gasteiger partial charge on any atom is 0.490 e. The quantitative estimate of drug-likeness (QED) is 0.102. The molecule has 1 aliphatic rings. The molecule has 1 saturated carbocycles. The van der Waals surface area contributed by atoms with Crippen molar-refractivity contribution in [3.63, 3.8) is 0 Å². The number of hydrogen-bond acceptors (Lipinski definition) is 7. The van der Waals surface area contributed by atoms with E-state index in [1.54, 1.807) is 12.1 Å². The molecule has 1 aromatic heterocycles. The van der Waals surface area contributed by atoms with E-state index in [0.29, 0.717) is 34.3 Å². The number of aliphatic imine (C=N–C) groups is 1. The average molecular weight is 743 g/mol. The first-order chi connectivity index (χ1) is 22.7. The van der Waals surface area contributed by atoms with Crippen LogP contribution in [0.3, 0.4) is 0 Å². The molecule has 49 heavy (non-hydrogen) atoms. The van der Waals surface area contributed by atoms with Crippen LogP contribution in [0.15, 0.2) is 41.4 Å². The Hall–Kier alpha value is -4.58. The Morgan fingerprint density at radius 3 is 2.06 bits per heavy atom. The minimum atomic E-state index is -5.08. The zero-order chi connectivity index (χ0) is 37.1. The standard InChI is InChI=1S/C25H29Cl2N7O.2C2HF3O2/c1-14-6-9-19-16(12-14)22(32-20-4-2-3-5-21(20)33-25(28)29)34-23(31-19)24(35)30-11-10-15-7-8-17(26)18(27)13-15;2*3-2(4,5)1(6)7/h6-9,12-13,20-21H,2-5,10-11H2,1H3,(H,30,35)(H4,28,29,33)(H,31,32,34);2*(H,6,7). The number of carbonyl (C=O) groups excluding carboxylic acids is 1. The lowest BCUT2D eigenvalue weighted by Crippen LogP contribution is -2.38. The molecule has 1 fully saturated rings. The fourth-order valence-electron chi connectivity index (χ4n) is 4.35. The molecule has 268 valence electrons. The molecule has 2 atom stereocenters. The zero-order valence-corrected chi connectivity index (χ0v) is 27.0. The van der Waals surface area contributed by atoms with Gasteiger partial charge in [0.15, 0.2) is 5.96 Å². The van der Waals surface area contributed by atoms with Crippen molar-refractivity contribution < 1.29 is 50.9 Å². The van der Waals surface area contributed by atoms with Gasteiger partial charge in [-0.25, -0.2) is 24.5 Å². The van der Waals surface area contributed by atoms with Crippen molar-refractivity contribution in [3.05, 3.63) is 63.4 Å². The van der Waals surface area contributed by atoms with E-state index in [0.717, 1.165) is 42.2 Å². The van der Waals surface area contributed by atoms with E-state index in [1.165, 1.54) is 0 Å². The van der Waals surface area contributed by atoms with Crippen LogP contribution < -0.4 is 22.1 Å². The number of guanidine groups is 1. The van der Waals surface area contributed by atoms with Crippen molar-refractivity contribution in [2.24, 2.45) is 16.5 Å². The van der Waals surface area contributed by atoms with E-state index in [-0.39, 0.29) is 29.8 Å². The molecular formula is C29H31Cl2F6N7O5. The van der Waals surface area contributed by atoms with E-state index in [2.05, 4.69) is 25.6 Å². The van der Waals surface area contributed by atoms with Crippen LogP contribution in [0.4, 0.5) is 32.2 Å². The predicted molar refractivity (Wildman–Crippen MR) is 170 cm³/mol. The smallest absolute Gasteiger partial charge is 0.475 e. The lowest BCUT2D eigenvalue weighted by molar-refractivity contribution is -0.193. The second-order valence-electron chi connectivity index (χ2n) is 10.4. The van der Waals surface area contributed by atoms with Gasteiger partial charge < -0.3 is 32.3 Å². The van der Waals surface area contributed by atoms with Crippen LogP contribution in [-0.2, 0) is 16.0 Å². The maximum absolute atomic E-state index is 13.0.